The van der Waals surface area contributed by atoms with E-state index in [1.807, 2.05) is 24.3 Å². The highest BCUT2D eigenvalue weighted by Crippen LogP contribution is 2.19. The molecule has 1 aliphatic heterocycles. The summed E-state index contributed by atoms with van der Waals surface area (Å²) in [5.41, 5.74) is 3.02. The SMILES string of the molecule is O=C(CCN1CCCCC1)Nc1ccc(NC(=O)Nc2ccc(N(CCCl)CCCl)cc2)cc1. The van der Waals surface area contributed by atoms with Crippen molar-refractivity contribution in [3.8, 4) is 0 Å². The van der Waals surface area contributed by atoms with Gasteiger partial charge in [-0.25, -0.2) is 4.79 Å². The van der Waals surface area contributed by atoms with Crippen molar-refractivity contribution in [1.82, 2.24) is 4.90 Å². The molecule has 1 saturated heterocycles. The van der Waals surface area contributed by atoms with Gasteiger partial charge >= 0.3 is 6.03 Å². The number of anilines is 4. The summed E-state index contributed by atoms with van der Waals surface area (Å²) in [6.07, 6.45) is 4.21. The number of benzene rings is 2. The van der Waals surface area contributed by atoms with E-state index in [1.165, 1.54) is 19.3 Å². The zero-order valence-electron chi connectivity index (χ0n) is 19.4. The Hall–Kier alpha value is -2.48. The maximum atomic E-state index is 12.4. The fraction of sp³-hybridized carbons (Fsp3) is 0.440. The van der Waals surface area contributed by atoms with Crippen molar-refractivity contribution in [2.45, 2.75) is 25.7 Å². The van der Waals surface area contributed by atoms with Crippen molar-refractivity contribution in [3.05, 3.63) is 48.5 Å². The predicted molar refractivity (Wildman–Crippen MR) is 143 cm³/mol. The highest BCUT2D eigenvalue weighted by molar-refractivity contribution is 6.18. The van der Waals surface area contributed by atoms with E-state index < -0.39 is 0 Å². The Morgan fingerprint density at radius 1 is 0.765 bits per heavy atom. The number of urea groups is 1. The number of carbonyl (C=O) groups excluding carboxylic acids is 2. The lowest BCUT2D eigenvalue weighted by Gasteiger charge is -2.25. The Bertz CT molecular complexity index is 897. The average molecular weight is 506 g/mol. The maximum Gasteiger partial charge on any atom is 0.323 e. The lowest BCUT2D eigenvalue weighted by Crippen LogP contribution is -2.32. The lowest BCUT2D eigenvalue weighted by molar-refractivity contribution is -0.116. The van der Waals surface area contributed by atoms with Gasteiger partial charge in [-0.2, -0.15) is 0 Å². The van der Waals surface area contributed by atoms with Gasteiger partial charge in [0.2, 0.25) is 5.91 Å². The van der Waals surface area contributed by atoms with Gasteiger partial charge in [-0.15, -0.1) is 23.2 Å². The van der Waals surface area contributed by atoms with E-state index >= 15 is 0 Å². The Morgan fingerprint density at radius 3 is 1.79 bits per heavy atom. The molecule has 0 aliphatic carbocycles. The quantitative estimate of drug-likeness (QED) is 0.356. The monoisotopic (exact) mass is 505 g/mol. The van der Waals surface area contributed by atoms with E-state index in [0.717, 1.165) is 25.3 Å². The van der Waals surface area contributed by atoms with Crippen LogP contribution in [0.5, 0.6) is 0 Å². The van der Waals surface area contributed by atoms with E-state index in [2.05, 4.69) is 25.8 Å². The molecular formula is C25H33Cl2N5O2. The second kappa shape index (κ2) is 14.0. The molecule has 1 aliphatic rings. The molecule has 0 bridgehead atoms. The molecule has 0 unspecified atom stereocenters. The number of piperidine rings is 1. The molecule has 7 nitrogen and oxygen atoms in total. The van der Waals surface area contributed by atoms with Crippen molar-refractivity contribution in [2.24, 2.45) is 0 Å². The molecule has 1 heterocycles. The normalized spacial score (nSPS) is 13.8. The van der Waals surface area contributed by atoms with Gasteiger partial charge in [0, 0.05) is 60.6 Å². The van der Waals surface area contributed by atoms with Crippen molar-refractivity contribution >= 4 is 57.9 Å². The van der Waals surface area contributed by atoms with Crippen LogP contribution in [0.2, 0.25) is 0 Å². The third-order valence-electron chi connectivity index (χ3n) is 5.73. The van der Waals surface area contributed by atoms with E-state index in [-0.39, 0.29) is 11.9 Å². The number of nitrogens with one attached hydrogen (secondary N) is 3. The number of halogens is 2. The molecule has 0 aromatic heterocycles. The summed E-state index contributed by atoms with van der Waals surface area (Å²) >= 11 is 11.7. The summed E-state index contributed by atoms with van der Waals surface area (Å²) in [5.74, 6) is 1.03. The first kappa shape index (κ1) is 26.1. The van der Waals surface area contributed by atoms with Crippen LogP contribution in [-0.4, -0.2) is 61.3 Å². The van der Waals surface area contributed by atoms with E-state index in [0.29, 0.717) is 48.3 Å². The summed E-state index contributed by atoms with van der Waals surface area (Å²) in [6.45, 7) is 4.37. The molecule has 3 amide bonds. The van der Waals surface area contributed by atoms with Crippen LogP contribution >= 0.6 is 23.2 Å². The smallest absolute Gasteiger partial charge is 0.323 e. The van der Waals surface area contributed by atoms with E-state index in [9.17, 15) is 9.59 Å². The second-order valence-electron chi connectivity index (χ2n) is 8.27. The van der Waals surface area contributed by atoms with Crippen molar-refractivity contribution in [2.75, 3.05) is 65.3 Å². The molecular weight excluding hydrogens is 473 g/mol. The third kappa shape index (κ3) is 8.70. The molecule has 3 N–H and O–H groups in total. The first-order valence-corrected chi connectivity index (χ1v) is 12.8. The van der Waals surface area contributed by atoms with Crippen LogP contribution in [0.1, 0.15) is 25.7 Å². The van der Waals surface area contributed by atoms with Gasteiger partial charge in [-0.05, 0) is 74.5 Å². The highest BCUT2D eigenvalue weighted by atomic mass is 35.5. The van der Waals surface area contributed by atoms with Crippen LogP contribution in [0.4, 0.5) is 27.5 Å². The van der Waals surface area contributed by atoms with Crippen LogP contribution in [-0.2, 0) is 4.79 Å². The molecule has 9 heteroatoms. The summed E-state index contributed by atoms with van der Waals surface area (Å²) in [6, 6.07) is 14.3. The summed E-state index contributed by atoms with van der Waals surface area (Å²) in [7, 11) is 0. The predicted octanol–water partition coefficient (Wildman–Crippen LogP) is 5.43. The van der Waals surface area contributed by atoms with Crippen LogP contribution in [0.25, 0.3) is 0 Å². The number of nitrogens with zero attached hydrogens (tertiary/aromatic N) is 2. The lowest BCUT2D eigenvalue weighted by atomic mass is 10.1. The molecule has 2 aromatic carbocycles. The molecule has 0 saturated carbocycles. The second-order valence-corrected chi connectivity index (χ2v) is 9.02. The van der Waals surface area contributed by atoms with Crippen LogP contribution in [0, 0.1) is 0 Å². The Balaban J connectivity index is 1.43. The fourth-order valence-corrected chi connectivity index (χ4v) is 4.33. The zero-order valence-corrected chi connectivity index (χ0v) is 20.9. The topological polar surface area (TPSA) is 76.7 Å². The molecule has 184 valence electrons. The molecule has 1 fully saturated rings. The third-order valence-corrected chi connectivity index (χ3v) is 6.07. The van der Waals surface area contributed by atoms with Gasteiger partial charge in [-0.1, -0.05) is 6.42 Å². The largest absolute Gasteiger partial charge is 0.369 e. The number of amides is 3. The number of rotatable bonds is 11. The van der Waals surface area contributed by atoms with Gasteiger partial charge in [0.15, 0.2) is 0 Å². The van der Waals surface area contributed by atoms with E-state index in [4.69, 9.17) is 23.2 Å². The standard InChI is InChI=1S/C25H33Cl2N5O2/c26-13-18-32(19-14-27)23-10-8-22(9-11-23)30-25(34)29-21-6-4-20(5-7-21)28-24(33)12-17-31-15-2-1-3-16-31/h4-11H,1-3,12-19H2,(H,28,33)(H2,29,30,34). The summed E-state index contributed by atoms with van der Waals surface area (Å²) in [4.78, 5) is 29.0. The average Bonchev–Trinajstić information content (AvgIpc) is 2.85. The summed E-state index contributed by atoms with van der Waals surface area (Å²) < 4.78 is 0. The van der Waals surface area contributed by atoms with Crippen molar-refractivity contribution in [3.63, 3.8) is 0 Å². The fourth-order valence-electron chi connectivity index (χ4n) is 3.93. The van der Waals surface area contributed by atoms with Gasteiger partial charge in [-0.3, -0.25) is 4.79 Å². The van der Waals surface area contributed by atoms with Crippen molar-refractivity contribution < 1.29 is 9.59 Å². The van der Waals surface area contributed by atoms with Gasteiger partial charge in [0.05, 0.1) is 0 Å². The number of hydrogen-bond donors (Lipinski definition) is 3. The minimum atomic E-state index is -0.343. The number of hydrogen-bond acceptors (Lipinski definition) is 4. The molecule has 34 heavy (non-hydrogen) atoms. The summed E-state index contributed by atoms with van der Waals surface area (Å²) in [5, 5.41) is 8.54. The van der Waals surface area contributed by atoms with Crippen LogP contribution in [0.3, 0.4) is 0 Å². The Labute approximate surface area is 211 Å². The highest BCUT2D eigenvalue weighted by Gasteiger charge is 2.12. The minimum absolute atomic E-state index is 0.00290. The number of alkyl halides is 2. The van der Waals surface area contributed by atoms with Gasteiger partial charge in [0.1, 0.15) is 0 Å². The number of likely N-dealkylation sites (tertiary alicyclic amines) is 1. The maximum absolute atomic E-state index is 12.4. The number of carbonyl (C=O) groups is 2. The minimum Gasteiger partial charge on any atom is -0.369 e. The Morgan fingerprint density at radius 2 is 1.26 bits per heavy atom. The first-order chi connectivity index (χ1) is 16.6. The Kier molecular flexibility index (Phi) is 10.8. The van der Waals surface area contributed by atoms with Gasteiger partial charge < -0.3 is 25.8 Å². The molecule has 0 atom stereocenters. The zero-order chi connectivity index (χ0) is 24.2. The van der Waals surface area contributed by atoms with Crippen molar-refractivity contribution in [1.29, 1.82) is 0 Å². The van der Waals surface area contributed by atoms with E-state index in [1.54, 1.807) is 24.3 Å². The molecule has 3 rings (SSSR count). The van der Waals surface area contributed by atoms with Crippen LogP contribution < -0.4 is 20.9 Å². The van der Waals surface area contributed by atoms with Gasteiger partial charge in [0.25, 0.3) is 0 Å². The molecule has 2 aromatic rings. The molecule has 0 radical (unpaired) electrons. The first-order valence-electron chi connectivity index (χ1n) is 11.7. The molecule has 0 spiro atoms. The van der Waals surface area contributed by atoms with Crippen LogP contribution in [0.15, 0.2) is 48.5 Å².